The summed E-state index contributed by atoms with van der Waals surface area (Å²) in [6.07, 6.45) is 0.945. The fourth-order valence-corrected chi connectivity index (χ4v) is 3.71. The van der Waals surface area contributed by atoms with Crippen molar-refractivity contribution in [2.45, 2.75) is 13.0 Å². The summed E-state index contributed by atoms with van der Waals surface area (Å²) in [5.41, 5.74) is 0.415. The van der Waals surface area contributed by atoms with Gasteiger partial charge in [-0.1, -0.05) is 29.3 Å². The first-order valence-corrected chi connectivity index (χ1v) is 9.71. The van der Waals surface area contributed by atoms with Crippen LogP contribution in [0.3, 0.4) is 0 Å². The quantitative estimate of drug-likeness (QED) is 0.820. The molecule has 0 bridgehead atoms. The molecule has 0 fully saturated rings. The normalized spacial score (nSPS) is 12.5. The van der Waals surface area contributed by atoms with Crippen LogP contribution in [0.5, 0.6) is 0 Å². The van der Waals surface area contributed by atoms with Crippen molar-refractivity contribution in [1.82, 2.24) is 0 Å². The number of hydrogen-bond donors (Lipinski definition) is 1. The minimum atomic E-state index is -3.83. The highest BCUT2D eigenvalue weighted by Gasteiger charge is 2.29. The van der Waals surface area contributed by atoms with Crippen LogP contribution in [0.25, 0.3) is 0 Å². The van der Waals surface area contributed by atoms with Crippen molar-refractivity contribution in [2.75, 3.05) is 15.9 Å². The molecule has 1 unspecified atom stereocenters. The number of nitrogens with zero attached hydrogens (tertiary/aromatic N) is 1. The molecule has 0 spiro atoms. The number of anilines is 2. The number of carbonyl (C=O) groups excluding carboxylic acids is 1. The molecule has 1 amide bonds. The van der Waals surface area contributed by atoms with Crippen LogP contribution in [-0.2, 0) is 14.8 Å². The van der Waals surface area contributed by atoms with E-state index < -0.39 is 27.8 Å². The van der Waals surface area contributed by atoms with E-state index in [4.69, 9.17) is 23.2 Å². The predicted molar refractivity (Wildman–Crippen MR) is 98.3 cm³/mol. The molecule has 0 aliphatic rings. The lowest BCUT2D eigenvalue weighted by Gasteiger charge is -2.28. The molecule has 5 nitrogen and oxygen atoms in total. The van der Waals surface area contributed by atoms with Crippen LogP contribution >= 0.6 is 23.2 Å². The summed E-state index contributed by atoms with van der Waals surface area (Å²) in [5, 5.41) is 3.14. The third kappa shape index (κ3) is 4.84. The number of nitrogens with one attached hydrogen (secondary N) is 1. The molecule has 25 heavy (non-hydrogen) atoms. The monoisotopic (exact) mass is 404 g/mol. The standard InChI is InChI=1S/C16H15Cl2FN2O3S/c1-10(16(22)20-12-6-7-14(17)15(18)9-12)21(25(2,23)24)13-5-3-4-11(19)8-13/h3-10H,1-2H3,(H,20,22). The van der Waals surface area contributed by atoms with Crippen LogP contribution in [-0.4, -0.2) is 26.6 Å². The minimum absolute atomic E-state index is 0.0549. The first-order valence-electron chi connectivity index (χ1n) is 7.10. The summed E-state index contributed by atoms with van der Waals surface area (Å²) in [6, 6.07) is 8.37. The number of benzene rings is 2. The molecule has 0 aliphatic carbocycles. The lowest BCUT2D eigenvalue weighted by Crippen LogP contribution is -2.45. The highest BCUT2D eigenvalue weighted by Crippen LogP contribution is 2.26. The van der Waals surface area contributed by atoms with E-state index in [1.165, 1.54) is 43.3 Å². The zero-order chi connectivity index (χ0) is 18.8. The molecule has 0 saturated carbocycles. The molecule has 2 rings (SSSR count). The average Bonchev–Trinajstić information content (AvgIpc) is 2.49. The third-order valence-electron chi connectivity index (χ3n) is 3.34. The molecule has 0 heterocycles. The Balaban J connectivity index is 2.31. The van der Waals surface area contributed by atoms with Crippen LogP contribution in [0.2, 0.25) is 10.0 Å². The average molecular weight is 405 g/mol. The van der Waals surface area contributed by atoms with Gasteiger partial charge in [0.05, 0.1) is 22.0 Å². The Hall–Kier alpha value is -1.83. The number of rotatable bonds is 5. The van der Waals surface area contributed by atoms with Gasteiger partial charge >= 0.3 is 0 Å². The summed E-state index contributed by atoms with van der Waals surface area (Å²) in [6.45, 7) is 1.40. The molecular formula is C16H15Cl2FN2O3S. The molecule has 9 heteroatoms. The number of halogens is 3. The van der Waals surface area contributed by atoms with Crippen LogP contribution in [0.15, 0.2) is 42.5 Å². The Labute approximate surface area is 155 Å². The Kier molecular flexibility index (Phi) is 5.92. The van der Waals surface area contributed by atoms with Crippen molar-refractivity contribution in [2.24, 2.45) is 0 Å². The number of sulfonamides is 1. The van der Waals surface area contributed by atoms with Crippen LogP contribution in [0.1, 0.15) is 6.92 Å². The smallest absolute Gasteiger partial charge is 0.247 e. The van der Waals surface area contributed by atoms with E-state index in [0.717, 1.165) is 16.6 Å². The van der Waals surface area contributed by atoms with Crippen molar-refractivity contribution in [3.05, 3.63) is 58.3 Å². The van der Waals surface area contributed by atoms with E-state index in [1.807, 2.05) is 0 Å². The fraction of sp³-hybridized carbons (Fsp3) is 0.188. The van der Waals surface area contributed by atoms with Gasteiger partial charge in [0.1, 0.15) is 11.9 Å². The van der Waals surface area contributed by atoms with Crippen molar-refractivity contribution in [3.8, 4) is 0 Å². The van der Waals surface area contributed by atoms with E-state index in [0.29, 0.717) is 10.7 Å². The van der Waals surface area contributed by atoms with Gasteiger partial charge in [-0.15, -0.1) is 0 Å². The van der Waals surface area contributed by atoms with E-state index in [9.17, 15) is 17.6 Å². The first-order chi connectivity index (χ1) is 11.6. The zero-order valence-corrected chi connectivity index (χ0v) is 15.7. The van der Waals surface area contributed by atoms with Gasteiger partial charge in [-0.2, -0.15) is 0 Å². The van der Waals surface area contributed by atoms with Gasteiger partial charge in [-0.3, -0.25) is 9.10 Å². The fourth-order valence-electron chi connectivity index (χ4n) is 2.24. The topological polar surface area (TPSA) is 66.5 Å². The van der Waals surface area contributed by atoms with E-state index in [1.54, 1.807) is 0 Å². The SMILES string of the molecule is CC(C(=O)Nc1ccc(Cl)c(Cl)c1)N(c1cccc(F)c1)S(C)(=O)=O. The second-order valence-electron chi connectivity index (χ2n) is 5.33. The zero-order valence-electron chi connectivity index (χ0n) is 13.3. The highest BCUT2D eigenvalue weighted by molar-refractivity contribution is 7.92. The van der Waals surface area contributed by atoms with Crippen LogP contribution < -0.4 is 9.62 Å². The minimum Gasteiger partial charge on any atom is -0.324 e. The molecule has 2 aromatic rings. The van der Waals surface area contributed by atoms with Gasteiger partial charge in [0.25, 0.3) is 0 Å². The highest BCUT2D eigenvalue weighted by atomic mass is 35.5. The van der Waals surface area contributed by atoms with E-state index in [2.05, 4.69) is 5.32 Å². The molecule has 0 aliphatic heterocycles. The Morgan fingerprint density at radius 2 is 1.84 bits per heavy atom. The second kappa shape index (κ2) is 7.59. The Morgan fingerprint density at radius 3 is 2.40 bits per heavy atom. The summed E-state index contributed by atoms with van der Waals surface area (Å²) in [5.74, 6) is -1.21. The van der Waals surface area contributed by atoms with Gasteiger partial charge < -0.3 is 5.32 Å². The molecule has 134 valence electrons. The number of hydrogen-bond acceptors (Lipinski definition) is 3. The van der Waals surface area contributed by atoms with Crippen molar-refractivity contribution >= 4 is 50.5 Å². The van der Waals surface area contributed by atoms with Crippen molar-refractivity contribution in [3.63, 3.8) is 0 Å². The molecule has 1 atom stereocenters. The molecule has 2 aromatic carbocycles. The summed E-state index contributed by atoms with van der Waals surface area (Å²) >= 11 is 11.7. The summed E-state index contributed by atoms with van der Waals surface area (Å²) in [4.78, 5) is 12.5. The Bertz CT molecular complexity index is 906. The third-order valence-corrected chi connectivity index (χ3v) is 5.32. The number of amides is 1. The summed E-state index contributed by atoms with van der Waals surface area (Å²) in [7, 11) is -3.83. The molecule has 1 N–H and O–H groups in total. The van der Waals surface area contributed by atoms with Gasteiger partial charge in [0.2, 0.25) is 15.9 Å². The van der Waals surface area contributed by atoms with Crippen LogP contribution in [0.4, 0.5) is 15.8 Å². The van der Waals surface area contributed by atoms with Gasteiger partial charge in [-0.05, 0) is 43.3 Å². The number of carbonyl (C=O) groups is 1. The summed E-state index contributed by atoms with van der Waals surface area (Å²) < 4.78 is 38.6. The van der Waals surface area contributed by atoms with Crippen molar-refractivity contribution in [1.29, 1.82) is 0 Å². The molecular weight excluding hydrogens is 390 g/mol. The first kappa shape index (κ1) is 19.5. The Morgan fingerprint density at radius 1 is 1.16 bits per heavy atom. The molecule has 0 radical (unpaired) electrons. The van der Waals surface area contributed by atoms with Crippen LogP contribution in [0, 0.1) is 5.82 Å². The maximum atomic E-state index is 13.5. The lowest BCUT2D eigenvalue weighted by molar-refractivity contribution is -0.116. The maximum absolute atomic E-state index is 13.5. The van der Waals surface area contributed by atoms with Crippen molar-refractivity contribution < 1.29 is 17.6 Å². The van der Waals surface area contributed by atoms with Gasteiger partial charge in [0.15, 0.2) is 0 Å². The molecule has 0 aromatic heterocycles. The maximum Gasteiger partial charge on any atom is 0.247 e. The predicted octanol–water partition coefficient (Wildman–Crippen LogP) is 3.93. The van der Waals surface area contributed by atoms with E-state index >= 15 is 0 Å². The van der Waals surface area contributed by atoms with Gasteiger partial charge in [-0.25, -0.2) is 12.8 Å². The largest absolute Gasteiger partial charge is 0.324 e. The molecule has 0 saturated heterocycles. The van der Waals surface area contributed by atoms with E-state index in [-0.39, 0.29) is 10.7 Å². The second-order valence-corrected chi connectivity index (χ2v) is 8.01. The van der Waals surface area contributed by atoms with Gasteiger partial charge in [0, 0.05) is 5.69 Å². The lowest BCUT2D eigenvalue weighted by atomic mass is 10.2.